The van der Waals surface area contributed by atoms with E-state index in [0.717, 1.165) is 11.4 Å². The van der Waals surface area contributed by atoms with Gasteiger partial charge < -0.3 is 5.32 Å². The van der Waals surface area contributed by atoms with Crippen molar-refractivity contribution in [3.05, 3.63) is 24.3 Å². The summed E-state index contributed by atoms with van der Waals surface area (Å²) in [4.78, 5) is 1.50. The Kier molecular flexibility index (Phi) is 5.31. The van der Waals surface area contributed by atoms with E-state index in [1.807, 2.05) is 25.4 Å². The highest BCUT2D eigenvalue weighted by Gasteiger charge is 2.13. The Bertz CT molecular complexity index is 412. The summed E-state index contributed by atoms with van der Waals surface area (Å²) in [5.74, 6) is 0.201. The number of benzene rings is 1. The van der Waals surface area contributed by atoms with Crippen LogP contribution in [0.25, 0.3) is 0 Å². The molecule has 0 unspecified atom stereocenters. The van der Waals surface area contributed by atoms with Crippen LogP contribution in [-0.4, -0.2) is 34.0 Å². The first-order valence-electron chi connectivity index (χ1n) is 5.11. The Morgan fingerprint density at radius 1 is 1.25 bits per heavy atom. The Hall–Kier alpha value is -0.520. The number of thioether (sulfide) groups is 1. The van der Waals surface area contributed by atoms with Crippen molar-refractivity contribution in [1.82, 2.24) is 5.32 Å². The summed E-state index contributed by atoms with van der Waals surface area (Å²) in [5.41, 5.74) is 0. The quantitative estimate of drug-likeness (QED) is 0.625. The first-order chi connectivity index (χ1) is 7.60. The van der Waals surface area contributed by atoms with E-state index in [-0.39, 0.29) is 5.75 Å². The highest BCUT2D eigenvalue weighted by atomic mass is 32.2. The maximum atomic E-state index is 11.9. The monoisotopic (exact) mass is 259 g/mol. The summed E-state index contributed by atoms with van der Waals surface area (Å²) in [5, 5.41) is 2.94. The van der Waals surface area contributed by atoms with Crippen LogP contribution in [0.5, 0.6) is 0 Å². The molecule has 16 heavy (non-hydrogen) atoms. The largest absolute Gasteiger partial charge is 0.320 e. The van der Waals surface area contributed by atoms with Crippen LogP contribution in [-0.2, 0) is 9.84 Å². The molecule has 0 radical (unpaired) electrons. The second-order valence-corrected chi connectivity index (χ2v) is 6.44. The highest BCUT2D eigenvalue weighted by Crippen LogP contribution is 2.18. The molecule has 1 rings (SSSR count). The second kappa shape index (κ2) is 6.27. The molecule has 1 N–H and O–H groups in total. The zero-order valence-electron chi connectivity index (χ0n) is 9.56. The molecule has 90 valence electrons. The van der Waals surface area contributed by atoms with E-state index >= 15 is 0 Å². The predicted octanol–water partition coefficient (Wildman–Crippen LogP) is 1.79. The third-order valence-electron chi connectivity index (χ3n) is 2.26. The van der Waals surface area contributed by atoms with Gasteiger partial charge in [-0.05, 0) is 50.5 Å². The van der Waals surface area contributed by atoms with Gasteiger partial charge in [0.05, 0.1) is 10.6 Å². The van der Waals surface area contributed by atoms with Gasteiger partial charge in [-0.1, -0.05) is 0 Å². The van der Waals surface area contributed by atoms with Gasteiger partial charge in [-0.2, -0.15) is 0 Å². The average Bonchev–Trinajstić information content (AvgIpc) is 2.29. The molecule has 0 atom stereocenters. The summed E-state index contributed by atoms with van der Waals surface area (Å²) < 4.78 is 23.7. The average molecular weight is 259 g/mol. The molecule has 1 aromatic carbocycles. The SMILES string of the molecule is CNCCCS(=O)(=O)c1ccc(SC)cc1. The summed E-state index contributed by atoms with van der Waals surface area (Å²) in [6.07, 6.45) is 2.61. The van der Waals surface area contributed by atoms with E-state index in [1.165, 1.54) is 0 Å². The minimum absolute atomic E-state index is 0.201. The van der Waals surface area contributed by atoms with Gasteiger partial charge in [0.25, 0.3) is 0 Å². The minimum atomic E-state index is -3.11. The van der Waals surface area contributed by atoms with Crippen LogP contribution in [0.1, 0.15) is 6.42 Å². The van der Waals surface area contributed by atoms with Crippen LogP contribution < -0.4 is 5.32 Å². The highest BCUT2D eigenvalue weighted by molar-refractivity contribution is 7.98. The number of hydrogen-bond donors (Lipinski definition) is 1. The first kappa shape index (κ1) is 13.5. The lowest BCUT2D eigenvalue weighted by Crippen LogP contribution is -2.14. The number of nitrogens with one attached hydrogen (secondary N) is 1. The van der Waals surface area contributed by atoms with Gasteiger partial charge in [-0.25, -0.2) is 8.42 Å². The molecule has 0 spiro atoms. The fourth-order valence-corrected chi connectivity index (χ4v) is 3.06. The van der Waals surface area contributed by atoms with Crippen molar-refractivity contribution in [2.45, 2.75) is 16.2 Å². The molecule has 3 nitrogen and oxygen atoms in total. The van der Waals surface area contributed by atoms with Crippen molar-refractivity contribution in [2.24, 2.45) is 0 Å². The molecule has 0 aliphatic rings. The van der Waals surface area contributed by atoms with Gasteiger partial charge in [-0.3, -0.25) is 0 Å². The zero-order valence-corrected chi connectivity index (χ0v) is 11.2. The first-order valence-corrected chi connectivity index (χ1v) is 7.99. The minimum Gasteiger partial charge on any atom is -0.320 e. The van der Waals surface area contributed by atoms with Crippen molar-refractivity contribution >= 4 is 21.6 Å². The molecule has 0 heterocycles. The maximum Gasteiger partial charge on any atom is 0.178 e. The van der Waals surface area contributed by atoms with E-state index in [1.54, 1.807) is 23.9 Å². The molecule has 0 bridgehead atoms. The molecule has 0 amide bonds. The number of sulfone groups is 1. The molecule has 0 aliphatic carbocycles. The third kappa shape index (κ3) is 3.81. The molecule has 0 aromatic heterocycles. The lowest BCUT2D eigenvalue weighted by Gasteiger charge is -2.04. The smallest absolute Gasteiger partial charge is 0.178 e. The van der Waals surface area contributed by atoms with Crippen LogP contribution in [0.15, 0.2) is 34.1 Å². The van der Waals surface area contributed by atoms with Crippen LogP contribution >= 0.6 is 11.8 Å². The lowest BCUT2D eigenvalue weighted by atomic mass is 10.4. The van der Waals surface area contributed by atoms with Gasteiger partial charge in [0.2, 0.25) is 0 Å². The van der Waals surface area contributed by atoms with Crippen molar-refractivity contribution < 1.29 is 8.42 Å². The fraction of sp³-hybridized carbons (Fsp3) is 0.455. The van der Waals surface area contributed by atoms with Gasteiger partial charge in [0, 0.05) is 4.90 Å². The van der Waals surface area contributed by atoms with E-state index < -0.39 is 9.84 Å². The normalized spacial score (nSPS) is 11.6. The molecule has 0 aliphatic heterocycles. The van der Waals surface area contributed by atoms with Gasteiger partial charge in [0.15, 0.2) is 9.84 Å². The predicted molar refractivity (Wildman–Crippen MR) is 68.8 cm³/mol. The van der Waals surface area contributed by atoms with E-state index in [2.05, 4.69) is 5.32 Å². The summed E-state index contributed by atoms with van der Waals surface area (Å²) in [6, 6.07) is 7.05. The van der Waals surface area contributed by atoms with Crippen molar-refractivity contribution in [3.63, 3.8) is 0 Å². The maximum absolute atomic E-state index is 11.9. The van der Waals surface area contributed by atoms with Crippen LogP contribution in [0.4, 0.5) is 0 Å². The van der Waals surface area contributed by atoms with Gasteiger partial charge in [0.1, 0.15) is 0 Å². The van der Waals surface area contributed by atoms with Gasteiger partial charge >= 0.3 is 0 Å². The van der Waals surface area contributed by atoms with E-state index in [9.17, 15) is 8.42 Å². The van der Waals surface area contributed by atoms with Crippen molar-refractivity contribution in [2.75, 3.05) is 25.6 Å². The molecule has 0 fully saturated rings. The molecular formula is C11H17NO2S2. The Balaban J connectivity index is 2.74. The Morgan fingerprint density at radius 2 is 1.88 bits per heavy atom. The van der Waals surface area contributed by atoms with Gasteiger partial charge in [-0.15, -0.1) is 11.8 Å². The number of hydrogen-bond acceptors (Lipinski definition) is 4. The summed E-state index contributed by atoms with van der Waals surface area (Å²) >= 11 is 1.60. The van der Waals surface area contributed by atoms with E-state index in [0.29, 0.717) is 11.3 Å². The molecular weight excluding hydrogens is 242 g/mol. The second-order valence-electron chi connectivity index (χ2n) is 3.45. The lowest BCUT2D eigenvalue weighted by molar-refractivity contribution is 0.591. The Labute approximate surface area is 102 Å². The third-order valence-corrected chi connectivity index (χ3v) is 4.82. The summed E-state index contributed by atoms with van der Waals surface area (Å²) in [6.45, 7) is 0.724. The molecule has 0 saturated carbocycles. The zero-order chi connectivity index (χ0) is 12.0. The topological polar surface area (TPSA) is 46.2 Å². The molecule has 1 aromatic rings. The Morgan fingerprint density at radius 3 is 2.38 bits per heavy atom. The summed E-state index contributed by atoms with van der Waals surface area (Å²) in [7, 11) is -1.29. The number of rotatable bonds is 6. The van der Waals surface area contributed by atoms with Crippen LogP contribution in [0, 0.1) is 0 Å². The molecule has 0 saturated heterocycles. The van der Waals surface area contributed by atoms with E-state index in [4.69, 9.17) is 0 Å². The standard InChI is InChI=1S/C11H17NO2S2/c1-12-8-3-9-16(13,14)11-6-4-10(15-2)5-7-11/h4-7,12H,3,8-9H2,1-2H3. The van der Waals surface area contributed by atoms with Crippen LogP contribution in [0.3, 0.4) is 0 Å². The van der Waals surface area contributed by atoms with Crippen molar-refractivity contribution in [3.8, 4) is 0 Å². The van der Waals surface area contributed by atoms with Crippen LogP contribution in [0.2, 0.25) is 0 Å². The fourth-order valence-electron chi connectivity index (χ4n) is 1.34. The molecule has 5 heteroatoms. The van der Waals surface area contributed by atoms with Crippen molar-refractivity contribution in [1.29, 1.82) is 0 Å².